The number of carbonyl (C=O) groups is 3. The molecule has 0 spiro atoms. The summed E-state index contributed by atoms with van der Waals surface area (Å²) < 4.78 is 4.60. The maximum atomic E-state index is 12.2. The molecule has 0 heterocycles. The van der Waals surface area contributed by atoms with Crippen molar-refractivity contribution >= 4 is 17.8 Å². The van der Waals surface area contributed by atoms with E-state index in [2.05, 4.69) is 10.1 Å². The second kappa shape index (κ2) is 10.5. The Hall–Kier alpha value is -2.37. The number of nitrogens with zero attached hydrogens (tertiary/aromatic N) is 1. The first-order chi connectivity index (χ1) is 11.8. The van der Waals surface area contributed by atoms with E-state index in [1.54, 1.807) is 32.0 Å². The first-order valence-electron chi connectivity index (χ1n) is 8.53. The molecule has 25 heavy (non-hydrogen) atoms. The Bertz CT molecular complexity index is 599. The summed E-state index contributed by atoms with van der Waals surface area (Å²) in [6.45, 7) is 1.59. The molecule has 0 saturated carbocycles. The van der Waals surface area contributed by atoms with Crippen molar-refractivity contribution in [3.8, 4) is 0 Å². The minimum absolute atomic E-state index is 0.151. The fraction of sp³-hybridized carbons (Fsp3) is 0.526. The van der Waals surface area contributed by atoms with Crippen LogP contribution in [0.3, 0.4) is 0 Å². The Morgan fingerprint density at radius 3 is 2.52 bits per heavy atom. The highest BCUT2D eigenvalue weighted by atomic mass is 16.5. The molecule has 0 aliphatic carbocycles. The molecule has 0 aliphatic heterocycles. The molecule has 1 N–H and O–H groups in total. The largest absolute Gasteiger partial charge is 0.467 e. The zero-order valence-electron chi connectivity index (χ0n) is 15.5. The van der Waals surface area contributed by atoms with Crippen LogP contribution >= 0.6 is 0 Å². The molecule has 0 saturated heterocycles. The molecule has 6 heteroatoms. The molecule has 0 aliphatic rings. The number of esters is 1. The van der Waals surface area contributed by atoms with Crippen LogP contribution in [-0.2, 0) is 20.7 Å². The maximum absolute atomic E-state index is 12.2. The molecular formula is C19H28N2O4. The third-order valence-corrected chi connectivity index (χ3v) is 3.95. The highest BCUT2D eigenvalue weighted by molar-refractivity contribution is 5.96. The number of hydrogen-bond donors (Lipinski definition) is 1. The van der Waals surface area contributed by atoms with Crippen molar-refractivity contribution in [2.45, 2.75) is 45.1 Å². The Balaban J connectivity index is 2.45. The van der Waals surface area contributed by atoms with E-state index >= 15 is 0 Å². The summed E-state index contributed by atoms with van der Waals surface area (Å²) in [4.78, 5) is 36.7. The van der Waals surface area contributed by atoms with Crippen molar-refractivity contribution < 1.29 is 19.1 Å². The number of methoxy groups -OCH3 is 1. The van der Waals surface area contributed by atoms with Gasteiger partial charge in [0.15, 0.2) is 0 Å². The van der Waals surface area contributed by atoms with E-state index in [9.17, 15) is 14.4 Å². The monoisotopic (exact) mass is 348 g/mol. The lowest BCUT2D eigenvalue weighted by Crippen LogP contribution is -2.39. The van der Waals surface area contributed by atoms with Crippen LogP contribution < -0.4 is 5.32 Å². The SMILES string of the molecule is COC(=O)[C@H](C)NC(=O)c1cccc(CCCCCC(=O)N(C)C)c1. The van der Waals surface area contributed by atoms with Gasteiger partial charge in [-0.05, 0) is 43.9 Å². The zero-order valence-corrected chi connectivity index (χ0v) is 15.5. The molecule has 2 amide bonds. The second-order valence-corrected chi connectivity index (χ2v) is 6.27. The van der Waals surface area contributed by atoms with Gasteiger partial charge < -0.3 is 15.0 Å². The quantitative estimate of drug-likeness (QED) is 0.548. The molecule has 6 nitrogen and oxygen atoms in total. The number of unbranched alkanes of at least 4 members (excludes halogenated alkanes) is 2. The van der Waals surface area contributed by atoms with Crippen molar-refractivity contribution in [1.29, 1.82) is 0 Å². The fourth-order valence-electron chi connectivity index (χ4n) is 2.39. The molecule has 1 aromatic carbocycles. The summed E-state index contributed by atoms with van der Waals surface area (Å²) in [5.41, 5.74) is 1.59. The van der Waals surface area contributed by atoms with Gasteiger partial charge in [-0.3, -0.25) is 9.59 Å². The predicted molar refractivity (Wildman–Crippen MR) is 96.3 cm³/mol. The smallest absolute Gasteiger partial charge is 0.328 e. The van der Waals surface area contributed by atoms with Crippen molar-refractivity contribution in [2.24, 2.45) is 0 Å². The zero-order chi connectivity index (χ0) is 18.8. The Morgan fingerprint density at radius 1 is 1.16 bits per heavy atom. The Labute approximate surface area is 149 Å². The average Bonchev–Trinajstić information content (AvgIpc) is 2.60. The topological polar surface area (TPSA) is 75.7 Å². The number of rotatable bonds is 9. The van der Waals surface area contributed by atoms with Crippen LogP contribution in [0.2, 0.25) is 0 Å². The van der Waals surface area contributed by atoms with Gasteiger partial charge in [0.05, 0.1) is 7.11 Å². The molecule has 1 atom stereocenters. The molecule has 0 radical (unpaired) electrons. The lowest BCUT2D eigenvalue weighted by Gasteiger charge is -2.12. The predicted octanol–water partition coefficient (Wildman–Crippen LogP) is 2.17. The maximum Gasteiger partial charge on any atom is 0.328 e. The molecule has 0 bridgehead atoms. The van der Waals surface area contributed by atoms with E-state index < -0.39 is 12.0 Å². The van der Waals surface area contributed by atoms with Crippen LogP contribution in [0.15, 0.2) is 24.3 Å². The van der Waals surface area contributed by atoms with Gasteiger partial charge in [-0.25, -0.2) is 4.79 Å². The normalized spacial score (nSPS) is 11.5. The van der Waals surface area contributed by atoms with E-state index in [0.29, 0.717) is 12.0 Å². The van der Waals surface area contributed by atoms with Crippen LogP contribution in [0.1, 0.15) is 48.5 Å². The number of benzene rings is 1. The number of nitrogens with one attached hydrogen (secondary N) is 1. The molecule has 138 valence electrons. The van der Waals surface area contributed by atoms with Crippen molar-refractivity contribution in [3.05, 3.63) is 35.4 Å². The van der Waals surface area contributed by atoms with E-state index in [4.69, 9.17) is 0 Å². The van der Waals surface area contributed by atoms with Gasteiger partial charge in [0.25, 0.3) is 5.91 Å². The highest BCUT2D eigenvalue weighted by Gasteiger charge is 2.16. The molecule has 0 unspecified atom stereocenters. The number of carbonyl (C=O) groups excluding carboxylic acids is 3. The lowest BCUT2D eigenvalue weighted by molar-refractivity contribution is -0.142. The third-order valence-electron chi connectivity index (χ3n) is 3.95. The number of hydrogen-bond acceptors (Lipinski definition) is 4. The first kappa shape index (κ1) is 20.7. The molecular weight excluding hydrogens is 320 g/mol. The van der Waals surface area contributed by atoms with Gasteiger partial charge in [0, 0.05) is 26.1 Å². The Kier molecular flexibility index (Phi) is 8.67. The number of amides is 2. The second-order valence-electron chi connectivity index (χ2n) is 6.27. The fourth-order valence-corrected chi connectivity index (χ4v) is 2.39. The molecule has 1 aromatic rings. The molecule has 0 fully saturated rings. The van der Waals surface area contributed by atoms with Gasteiger partial charge in [-0.2, -0.15) is 0 Å². The summed E-state index contributed by atoms with van der Waals surface area (Å²) in [6.07, 6.45) is 4.22. The average molecular weight is 348 g/mol. The minimum Gasteiger partial charge on any atom is -0.467 e. The van der Waals surface area contributed by atoms with Crippen molar-refractivity contribution in [2.75, 3.05) is 21.2 Å². The van der Waals surface area contributed by atoms with Crippen LogP contribution in [-0.4, -0.2) is 49.9 Å². The van der Waals surface area contributed by atoms with Gasteiger partial charge in [-0.15, -0.1) is 0 Å². The van der Waals surface area contributed by atoms with Crippen molar-refractivity contribution in [3.63, 3.8) is 0 Å². The summed E-state index contributed by atoms with van der Waals surface area (Å²) >= 11 is 0. The number of ether oxygens (including phenoxy) is 1. The van der Waals surface area contributed by atoms with Gasteiger partial charge in [-0.1, -0.05) is 18.6 Å². The lowest BCUT2D eigenvalue weighted by atomic mass is 10.0. The molecule has 1 rings (SSSR count). The minimum atomic E-state index is -0.685. The van der Waals surface area contributed by atoms with Crippen molar-refractivity contribution in [1.82, 2.24) is 10.2 Å². The van der Waals surface area contributed by atoms with Crippen LogP contribution in [0.4, 0.5) is 0 Å². The van der Waals surface area contributed by atoms with E-state index in [1.807, 2.05) is 18.2 Å². The van der Waals surface area contributed by atoms with Crippen LogP contribution in [0.25, 0.3) is 0 Å². The molecule has 0 aromatic heterocycles. The Morgan fingerprint density at radius 2 is 1.88 bits per heavy atom. The summed E-state index contributed by atoms with van der Waals surface area (Å²) in [5, 5.41) is 2.62. The highest BCUT2D eigenvalue weighted by Crippen LogP contribution is 2.11. The van der Waals surface area contributed by atoms with Gasteiger partial charge in [0.2, 0.25) is 5.91 Å². The standard InChI is InChI=1S/C19H28N2O4/c1-14(19(24)25-4)20-18(23)16-11-8-10-15(13-16)9-6-5-7-12-17(22)21(2)3/h8,10-11,13-14H,5-7,9,12H2,1-4H3,(H,20,23)/t14-/m0/s1. The van der Waals surface area contributed by atoms with E-state index in [-0.39, 0.29) is 11.8 Å². The van der Waals surface area contributed by atoms with E-state index in [1.165, 1.54) is 7.11 Å². The summed E-state index contributed by atoms with van der Waals surface area (Å²) in [5.74, 6) is -0.619. The summed E-state index contributed by atoms with van der Waals surface area (Å²) in [6, 6.07) is 6.69. The van der Waals surface area contributed by atoms with Crippen LogP contribution in [0.5, 0.6) is 0 Å². The van der Waals surface area contributed by atoms with Gasteiger partial charge >= 0.3 is 5.97 Å². The number of aryl methyl sites for hydroxylation is 1. The van der Waals surface area contributed by atoms with E-state index in [0.717, 1.165) is 31.2 Å². The van der Waals surface area contributed by atoms with Crippen LogP contribution in [0, 0.1) is 0 Å². The third kappa shape index (κ3) is 7.37. The summed E-state index contributed by atoms with van der Waals surface area (Å²) in [7, 11) is 4.82. The van der Waals surface area contributed by atoms with Gasteiger partial charge in [0.1, 0.15) is 6.04 Å². The first-order valence-corrected chi connectivity index (χ1v) is 8.53.